The van der Waals surface area contributed by atoms with E-state index in [9.17, 15) is 13.0 Å². The van der Waals surface area contributed by atoms with E-state index in [1.54, 1.807) is 13.8 Å². The van der Waals surface area contributed by atoms with Crippen molar-refractivity contribution >= 4 is 25.3 Å². The van der Waals surface area contributed by atoms with Crippen LogP contribution >= 0.6 is 0 Å². The van der Waals surface area contributed by atoms with Gasteiger partial charge in [0.15, 0.2) is 0 Å². The zero-order chi connectivity index (χ0) is 14.1. The van der Waals surface area contributed by atoms with Crippen LogP contribution in [0.1, 0.15) is 41.5 Å². The van der Waals surface area contributed by atoms with Crippen molar-refractivity contribution < 1.29 is 13.0 Å². The summed E-state index contributed by atoms with van der Waals surface area (Å²) in [7, 11) is -3.97. The van der Waals surface area contributed by atoms with Gasteiger partial charge >= 0.3 is 65.3 Å². The van der Waals surface area contributed by atoms with Gasteiger partial charge in [-0.05, 0) is 5.92 Å². The fourth-order valence-corrected chi connectivity index (χ4v) is 3.51. The van der Waals surface area contributed by atoms with E-state index >= 15 is 0 Å². The molecule has 0 bridgehead atoms. The van der Waals surface area contributed by atoms with Crippen LogP contribution in [0.15, 0.2) is 0 Å². The molecule has 0 N–H and O–H groups in total. The molecule has 0 aliphatic rings. The van der Waals surface area contributed by atoms with Crippen molar-refractivity contribution in [3.8, 4) is 0 Å². The van der Waals surface area contributed by atoms with Gasteiger partial charge in [-0.15, -0.1) is 0 Å². The van der Waals surface area contributed by atoms with Crippen LogP contribution in [0, 0.1) is 17.8 Å². The molecular weight excluding hydrogens is 251 g/mol. The van der Waals surface area contributed by atoms with Gasteiger partial charge in [0.25, 0.3) is 0 Å². The molecule has 102 valence electrons. The maximum atomic E-state index is 9.89. The van der Waals surface area contributed by atoms with Gasteiger partial charge in [0, 0.05) is 5.75 Å². The molecule has 0 heterocycles. The molecule has 0 unspecified atom stereocenters. The summed E-state index contributed by atoms with van der Waals surface area (Å²) in [4.78, 5) is 0. The zero-order valence-corrected chi connectivity index (χ0v) is 14.0. The Balaban J connectivity index is 0. The van der Waals surface area contributed by atoms with Crippen LogP contribution in [0.25, 0.3) is 0 Å². The fourth-order valence-electron chi connectivity index (χ4n) is 1.17. The Morgan fingerprint density at radius 1 is 0.882 bits per heavy atom. The van der Waals surface area contributed by atoms with Gasteiger partial charge in [0.05, 0.1) is 10.1 Å². The molecule has 5 heteroatoms. The summed E-state index contributed by atoms with van der Waals surface area (Å²) in [5, 5.41) is 2.97. The molecule has 0 saturated heterocycles. The first-order chi connectivity index (χ1) is 7.54. The summed E-state index contributed by atoms with van der Waals surface area (Å²) in [6.07, 6.45) is 0. The van der Waals surface area contributed by atoms with E-state index in [-0.39, 0.29) is 11.7 Å². The normalized spacial score (nSPS) is 11.4. The Labute approximate surface area is 114 Å². The van der Waals surface area contributed by atoms with Crippen LogP contribution in [0.4, 0.5) is 0 Å². The molecular formula is C12H27AlO3S. The molecule has 0 aliphatic carbocycles. The van der Waals surface area contributed by atoms with Gasteiger partial charge in [0.2, 0.25) is 0 Å². The van der Waals surface area contributed by atoms with E-state index in [1.807, 2.05) is 0 Å². The van der Waals surface area contributed by atoms with Crippen LogP contribution in [0.3, 0.4) is 0 Å². The van der Waals surface area contributed by atoms with E-state index in [4.69, 9.17) is 0 Å². The van der Waals surface area contributed by atoms with Gasteiger partial charge < -0.3 is 4.55 Å². The first-order valence-electron chi connectivity index (χ1n) is 6.29. The van der Waals surface area contributed by atoms with Crippen molar-refractivity contribution in [2.24, 2.45) is 17.8 Å². The van der Waals surface area contributed by atoms with Crippen molar-refractivity contribution in [1.29, 1.82) is 0 Å². The Bertz CT molecular complexity index is 251. The van der Waals surface area contributed by atoms with Crippen molar-refractivity contribution in [3.63, 3.8) is 0 Å². The van der Waals surface area contributed by atoms with E-state index in [0.29, 0.717) is 0 Å². The molecule has 0 fully saturated rings. The van der Waals surface area contributed by atoms with Crippen molar-refractivity contribution in [1.82, 2.24) is 0 Å². The average Bonchev–Trinajstić information content (AvgIpc) is 1.97. The van der Waals surface area contributed by atoms with Crippen molar-refractivity contribution in [2.75, 3.05) is 5.75 Å². The minimum absolute atomic E-state index is 0.0579. The number of rotatable bonds is 6. The van der Waals surface area contributed by atoms with Crippen molar-refractivity contribution in [3.05, 3.63) is 0 Å². The molecule has 0 aromatic carbocycles. The van der Waals surface area contributed by atoms with Gasteiger partial charge in [-0.1, -0.05) is 13.8 Å². The van der Waals surface area contributed by atoms with E-state index in [1.165, 1.54) is 10.6 Å². The van der Waals surface area contributed by atoms with Crippen LogP contribution in [0.5, 0.6) is 0 Å². The second-order valence-electron chi connectivity index (χ2n) is 5.67. The van der Waals surface area contributed by atoms with E-state index < -0.39 is 10.1 Å². The Hall–Kier alpha value is 0.442. The summed E-state index contributed by atoms with van der Waals surface area (Å²) in [5.74, 6) is 1.54. The SMILES string of the molecule is CC(C)CS(=O)(=O)[O-].CC(C)[CH2][Al+][CH2]C(C)C. The third-order valence-electron chi connectivity index (χ3n) is 1.81. The van der Waals surface area contributed by atoms with Gasteiger partial charge in [-0.3, -0.25) is 0 Å². The zero-order valence-electron chi connectivity index (χ0n) is 12.1. The average molecular weight is 278 g/mol. The third kappa shape index (κ3) is 26.2. The van der Waals surface area contributed by atoms with Crippen LogP contribution in [-0.4, -0.2) is 33.9 Å². The molecule has 0 amide bonds. The summed E-state index contributed by atoms with van der Waals surface area (Å²) in [5.41, 5.74) is 0. The van der Waals surface area contributed by atoms with Gasteiger partial charge in [0.1, 0.15) is 0 Å². The standard InChI is InChI=1S/C4H10O3S.2C4H9.Al/c1-4(2)3-8(5,6)7;2*1-4(2)3;/h4H,3H2,1-2H3,(H,5,6,7);2*4H,1H2,2-3H3;/q;;;+1/p-1. The molecule has 0 spiro atoms. The molecule has 0 radical (unpaired) electrons. The Kier molecular flexibility index (Phi) is 12.1. The molecule has 0 rings (SSSR count). The maximum absolute atomic E-state index is 9.89. The number of hydrogen-bond acceptors (Lipinski definition) is 3. The third-order valence-corrected chi connectivity index (χ3v) is 5.44. The molecule has 0 atom stereocenters. The second kappa shape index (κ2) is 10.4. The molecule has 3 nitrogen and oxygen atoms in total. The summed E-state index contributed by atoms with van der Waals surface area (Å²) in [6.45, 7) is 12.6. The number of hydrogen-bond donors (Lipinski definition) is 0. The monoisotopic (exact) mass is 278 g/mol. The van der Waals surface area contributed by atoms with E-state index in [2.05, 4.69) is 27.7 Å². The van der Waals surface area contributed by atoms with E-state index in [0.717, 1.165) is 27.1 Å². The minimum atomic E-state index is -3.97. The second-order valence-corrected chi connectivity index (χ2v) is 8.63. The summed E-state index contributed by atoms with van der Waals surface area (Å²) >= 11 is 0.755. The van der Waals surface area contributed by atoms with Gasteiger partial charge in [-0.25, -0.2) is 8.42 Å². The fraction of sp³-hybridized carbons (Fsp3) is 1.00. The molecule has 0 aromatic rings. The van der Waals surface area contributed by atoms with Gasteiger partial charge in [-0.2, -0.15) is 0 Å². The van der Waals surface area contributed by atoms with Crippen LogP contribution in [-0.2, 0) is 10.1 Å². The first kappa shape index (κ1) is 19.8. The predicted molar refractivity (Wildman–Crippen MR) is 74.4 cm³/mol. The molecule has 0 aliphatic heterocycles. The molecule has 17 heavy (non-hydrogen) atoms. The molecule has 0 saturated carbocycles. The first-order valence-corrected chi connectivity index (χ1v) is 9.50. The quantitative estimate of drug-likeness (QED) is 0.554. The summed E-state index contributed by atoms with van der Waals surface area (Å²) < 4.78 is 29.7. The van der Waals surface area contributed by atoms with Crippen LogP contribution in [0.2, 0.25) is 10.6 Å². The van der Waals surface area contributed by atoms with Crippen molar-refractivity contribution in [2.45, 2.75) is 52.1 Å². The predicted octanol–water partition coefficient (Wildman–Crippen LogP) is 3.03. The molecule has 0 aromatic heterocycles. The topological polar surface area (TPSA) is 57.2 Å². The summed E-state index contributed by atoms with van der Waals surface area (Å²) in [6, 6.07) is 0. The Morgan fingerprint density at radius 3 is 1.35 bits per heavy atom. The Morgan fingerprint density at radius 2 is 1.24 bits per heavy atom. The van der Waals surface area contributed by atoms with Crippen LogP contribution < -0.4 is 0 Å².